The molecule has 0 aliphatic heterocycles. The predicted molar refractivity (Wildman–Crippen MR) is 132 cm³/mol. The van der Waals surface area contributed by atoms with E-state index in [-0.39, 0.29) is 11.9 Å². The second-order valence-electron chi connectivity index (χ2n) is 6.96. The maximum Gasteiger partial charge on any atom is 0.319 e. The van der Waals surface area contributed by atoms with Crippen LogP contribution in [0.2, 0.25) is 0 Å². The summed E-state index contributed by atoms with van der Waals surface area (Å²) in [5, 5.41) is 9.14. The maximum atomic E-state index is 12.5. The van der Waals surface area contributed by atoms with Gasteiger partial charge in [0.15, 0.2) is 0 Å². The Morgan fingerprint density at radius 1 is 0.818 bits per heavy atom. The summed E-state index contributed by atoms with van der Waals surface area (Å²) in [5.41, 5.74) is 2.48. The molecule has 4 N–H and O–H groups in total. The van der Waals surface area contributed by atoms with Gasteiger partial charge in [-0.1, -0.05) is 36.4 Å². The molecule has 0 bridgehead atoms. The van der Waals surface area contributed by atoms with E-state index in [1.807, 2.05) is 25.1 Å². The molecule has 0 saturated carbocycles. The summed E-state index contributed by atoms with van der Waals surface area (Å²) in [6, 6.07) is 21.5. The van der Waals surface area contributed by atoms with Crippen LogP contribution in [0.5, 0.6) is 0 Å². The van der Waals surface area contributed by atoms with E-state index in [1.54, 1.807) is 36.4 Å². The Bertz CT molecular complexity index is 1240. The smallest absolute Gasteiger partial charge is 0.319 e. The molecular formula is C24H24N4O4S. The number of benzene rings is 3. The van der Waals surface area contributed by atoms with Crippen LogP contribution in [0.3, 0.4) is 0 Å². The van der Waals surface area contributed by atoms with Crippen LogP contribution in [0.1, 0.15) is 22.8 Å². The van der Waals surface area contributed by atoms with Gasteiger partial charge in [0.05, 0.1) is 5.41 Å². The first kappa shape index (κ1) is 23.6. The lowest BCUT2D eigenvalue weighted by atomic mass is 10.2. The van der Waals surface area contributed by atoms with Crippen molar-refractivity contribution in [2.45, 2.75) is 6.92 Å². The number of nitrogens with one attached hydrogen (secondary N) is 4. The van der Waals surface area contributed by atoms with Crippen molar-refractivity contribution in [3.8, 4) is 0 Å². The number of anilines is 3. The molecule has 0 atom stereocenters. The van der Waals surface area contributed by atoms with Gasteiger partial charge < -0.3 is 16.0 Å². The number of urea groups is 1. The molecule has 0 fully saturated rings. The number of carbonyl (C=O) groups excluding carboxylic acids is 2. The van der Waals surface area contributed by atoms with Crippen molar-refractivity contribution < 1.29 is 18.0 Å². The van der Waals surface area contributed by atoms with Crippen LogP contribution in [0, 0.1) is 0 Å². The topological polar surface area (TPSA) is 116 Å². The molecule has 3 amide bonds. The van der Waals surface area contributed by atoms with E-state index in [2.05, 4.69) is 20.7 Å². The maximum absolute atomic E-state index is 12.5. The molecule has 170 valence electrons. The molecular weight excluding hydrogens is 440 g/mol. The number of rotatable bonds is 8. The first-order valence-electron chi connectivity index (χ1n) is 10.2. The standard InChI is InChI=1S/C24H24N4O4S/c1-2-25-24(30)27-22-10-6-9-21(17-22)26-23(29)19-11-13-20(14-12-19)28-33(31,32)16-15-18-7-4-3-5-8-18/h3-17,28H,2H2,1H3,(H,26,29)(H2,25,27,30)/b16-15+. The number of sulfonamides is 1. The SMILES string of the molecule is CCNC(=O)Nc1cccc(NC(=O)c2ccc(NS(=O)(=O)/C=C/c3ccccc3)cc2)c1. The van der Waals surface area contributed by atoms with Crippen LogP contribution in [0.15, 0.2) is 84.3 Å². The van der Waals surface area contributed by atoms with E-state index >= 15 is 0 Å². The van der Waals surface area contributed by atoms with E-state index < -0.39 is 10.0 Å². The molecule has 3 aromatic carbocycles. The van der Waals surface area contributed by atoms with Crippen molar-refractivity contribution >= 4 is 45.1 Å². The highest BCUT2D eigenvalue weighted by Gasteiger charge is 2.10. The van der Waals surface area contributed by atoms with Gasteiger partial charge in [-0.15, -0.1) is 0 Å². The lowest BCUT2D eigenvalue weighted by Gasteiger charge is -2.10. The van der Waals surface area contributed by atoms with Crippen LogP contribution in [-0.2, 0) is 10.0 Å². The number of hydrogen-bond acceptors (Lipinski definition) is 4. The first-order valence-corrected chi connectivity index (χ1v) is 11.7. The summed E-state index contributed by atoms with van der Waals surface area (Å²) >= 11 is 0. The van der Waals surface area contributed by atoms with E-state index in [9.17, 15) is 18.0 Å². The Labute approximate surface area is 192 Å². The Balaban J connectivity index is 1.61. The van der Waals surface area contributed by atoms with Crippen LogP contribution < -0.4 is 20.7 Å². The summed E-state index contributed by atoms with van der Waals surface area (Å²) in [7, 11) is -3.70. The van der Waals surface area contributed by atoms with Crippen LogP contribution in [0.25, 0.3) is 6.08 Å². The third kappa shape index (κ3) is 7.51. The molecule has 0 unspecified atom stereocenters. The van der Waals surface area contributed by atoms with E-state index in [1.165, 1.54) is 30.3 Å². The Kier molecular flexibility index (Phi) is 7.82. The largest absolute Gasteiger partial charge is 0.338 e. The lowest BCUT2D eigenvalue weighted by molar-refractivity contribution is 0.102. The van der Waals surface area contributed by atoms with Crippen LogP contribution in [0.4, 0.5) is 21.9 Å². The van der Waals surface area contributed by atoms with Crippen molar-refractivity contribution in [3.05, 3.63) is 95.4 Å². The average Bonchev–Trinajstić information content (AvgIpc) is 2.79. The predicted octanol–water partition coefficient (Wildman–Crippen LogP) is 4.49. The van der Waals surface area contributed by atoms with E-state index in [0.29, 0.717) is 29.2 Å². The Morgan fingerprint density at radius 2 is 1.48 bits per heavy atom. The summed E-state index contributed by atoms with van der Waals surface area (Å²) in [4.78, 5) is 24.2. The highest BCUT2D eigenvalue weighted by atomic mass is 32.2. The van der Waals surface area contributed by atoms with Crippen LogP contribution >= 0.6 is 0 Å². The van der Waals surface area contributed by atoms with Gasteiger partial charge in [0, 0.05) is 29.2 Å². The van der Waals surface area contributed by atoms with Gasteiger partial charge in [-0.3, -0.25) is 9.52 Å². The quantitative estimate of drug-likeness (QED) is 0.393. The van der Waals surface area contributed by atoms with Gasteiger partial charge in [0.25, 0.3) is 15.9 Å². The van der Waals surface area contributed by atoms with Crippen LogP contribution in [-0.4, -0.2) is 26.9 Å². The fourth-order valence-electron chi connectivity index (χ4n) is 2.83. The van der Waals surface area contributed by atoms with Gasteiger partial charge in [-0.05, 0) is 61.0 Å². The summed E-state index contributed by atoms with van der Waals surface area (Å²) in [5.74, 6) is -0.372. The number of amides is 3. The monoisotopic (exact) mass is 464 g/mol. The van der Waals surface area contributed by atoms with Crippen molar-refractivity contribution in [2.75, 3.05) is 21.9 Å². The fourth-order valence-corrected chi connectivity index (χ4v) is 3.70. The van der Waals surface area contributed by atoms with Crippen molar-refractivity contribution in [1.82, 2.24) is 5.32 Å². The fraction of sp³-hybridized carbons (Fsp3) is 0.0833. The van der Waals surface area contributed by atoms with Gasteiger partial charge >= 0.3 is 6.03 Å². The van der Waals surface area contributed by atoms with Gasteiger partial charge in [0.2, 0.25) is 0 Å². The minimum Gasteiger partial charge on any atom is -0.338 e. The molecule has 3 aromatic rings. The molecule has 0 spiro atoms. The second-order valence-corrected chi connectivity index (χ2v) is 8.52. The van der Waals surface area contributed by atoms with Crippen molar-refractivity contribution in [2.24, 2.45) is 0 Å². The summed E-state index contributed by atoms with van der Waals surface area (Å²) in [6.07, 6.45) is 1.50. The number of carbonyl (C=O) groups is 2. The minimum atomic E-state index is -3.70. The molecule has 0 aliphatic rings. The molecule has 8 nitrogen and oxygen atoms in total. The second kappa shape index (κ2) is 11.0. The van der Waals surface area contributed by atoms with Crippen molar-refractivity contribution in [1.29, 1.82) is 0 Å². The molecule has 3 rings (SSSR count). The Hall–Kier alpha value is -4.11. The van der Waals surface area contributed by atoms with Gasteiger partial charge in [-0.25, -0.2) is 13.2 Å². The lowest BCUT2D eigenvalue weighted by Crippen LogP contribution is -2.28. The molecule has 0 aromatic heterocycles. The normalized spacial score (nSPS) is 11.1. The Morgan fingerprint density at radius 3 is 2.15 bits per heavy atom. The highest BCUT2D eigenvalue weighted by Crippen LogP contribution is 2.18. The van der Waals surface area contributed by atoms with E-state index in [4.69, 9.17) is 0 Å². The minimum absolute atomic E-state index is 0.331. The summed E-state index contributed by atoms with van der Waals surface area (Å²) < 4.78 is 27.0. The zero-order valence-corrected chi connectivity index (χ0v) is 18.7. The van der Waals surface area contributed by atoms with E-state index in [0.717, 1.165) is 11.0 Å². The average molecular weight is 465 g/mol. The zero-order valence-electron chi connectivity index (χ0n) is 17.9. The molecule has 0 heterocycles. The summed E-state index contributed by atoms with van der Waals surface area (Å²) in [6.45, 7) is 2.31. The first-order chi connectivity index (χ1) is 15.8. The van der Waals surface area contributed by atoms with Crippen molar-refractivity contribution in [3.63, 3.8) is 0 Å². The molecule has 0 radical (unpaired) electrons. The molecule has 9 heteroatoms. The molecule has 0 aliphatic carbocycles. The third-order valence-electron chi connectivity index (χ3n) is 4.36. The molecule has 33 heavy (non-hydrogen) atoms. The third-order valence-corrected chi connectivity index (χ3v) is 5.38. The molecule has 0 saturated heterocycles. The number of hydrogen-bond donors (Lipinski definition) is 4. The highest BCUT2D eigenvalue weighted by molar-refractivity contribution is 7.95. The van der Waals surface area contributed by atoms with Gasteiger partial charge in [-0.2, -0.15) is 0 Å². The van der Waals surface area contributed by atoms with Gasteiger partial charge in [0.1, 0.15) is 0 Å². The zero-order chi connectivity index (χ0) is 23.7.